The highest BCUT2D eigenvalue weighted by atomic mass is 16.5. The molecule has 1 aromatic carbocycles. The summed E-state index contributed by atoms with van der Waals surface area (Å²) < 4.78 is 11.8. The summed E-state index contributed by atoms with van der Waals surface area (Å²) in [5.41, 5.74) is 0.431. The molecule has 8 nitrogen and oxygen atoms in total. The molecule has 1 radical (unpaired) electrons. The van der Waals surface area contributed by atoms with Gasteiger partial charge in [0.2, 0.25) is 5.91 Å². The van der Waals surface area contributed by atoms with E-state index in [0.717, 1.165) is 25.7 Å². The molecule has 2 amide bonds. The van der Waals surface area contributed by atoms with E-state index in [1.165, 1.54) is 0 Å². The molecule has 2 bridgehead atoms. The number of amides is 2. The van der Waals surface area contributed by atoms with Crippen molar-refractivity contribution in [2.24, 2.45) is 17.3 Å². The van der Waals surface area contributed by atoms with Gasteiger partial charge in [-0.3, -0.25) is 14.6 Å². The third-order valence-corrected chi connectivity index (χ3v) is 8.86. The van der Waals surface area contributed by atoms with Gasteiger partial charge in [-0.25, -0.2) is 0 Å². The van der Waals surface area contributed by atoms with Gasteiger partial charge in [-0.15, -0.1) is 0 Å². The van der Waals surface area contributed by atoms with Crippen molar-refractivity contribution in [3.63, 3.8) is 0 Å². The molecule has 2 aromatic rings. The maximum atomic E-state index is 13.1. The van der Waals surface area contributed by atoms with Crippen molar-refractivity contribution < 1.29 is 24.1 Å². The number of carbonyl (C=O) groups excluding carboxylic acids is 2. The normalized spacial score (nSPS) is 30.0. The van der Waals surface area contributed by atoms with Crippen LogP contribution in [0.2, 0.25) is 0 Å². The van der Waals surface area contributed by atoms with Gasteiger partial charge in [0, 0.05) is 30.1 Å². The van der Waals surface area contributed by atoms with Crippen molar-refractivity contribution in [1.29, 1.82) is 0 Å². The lowest BCUT2D eigenvalue weighted by atomic mass is 9.44. The van der Waals surface area contributed by atoms with Crippen LogP contribution in [0.25, 0.3) is 10.9 Å². The second-order valence-corrected chi connectivity index (χ2v) is 11.6. The summed E-state index contributed by atoms with van der Waals surface area (Å²) in [7, 11) is 1.76. The first-order valence-corrected chi connectivity index (χ1v) is 13.4. The average Bonchev–Trinajstić information content (AvgIpc) is 3.34. The lowest BCUT2D eigenvalue weighted by molar-refractivity contribution is -0.225. The van der Waals surface area contributed by atoms with E-state index in [-0.39, 0.29) is 35.8 Å². The maximum Gasteiger partial charge on any atom is 0.317 e. The number of hydrogen-bond donors (Lipinski definition) is 2. The fourth-order valence-corrected chi connectivity index (χ4v) is 6.56. The number of rotatable bonds is 8. The van der Waals surface area contributed by atoms with Crippen LogP contribution in [0.3, 0.4) is 0 Å². The molecule has 4 fully saturated rings. The van der Waals surface area contributed by atoms with Crippen LogP contribution in [-0.2, 0) is 9.45 Å². The number of aromatic nitrogens is 1. The Balaban J connectivity index is 1.19. The van der Waals surface area contributed by atoms with Crippen LogP contribution >= 0.6 is 0 Å². The van der Waals surface area contributed by atoms with Gasteiger partial charge in [0.25, 0.3) is 5.91 Å². The lowest BCUT2D eigenvalue weighted by Crippen LogP contribution is -2.66. The topological polar surface area (TPSA) is 101 Å². The molecule has 9 heteroatoms. The molecule has 1 aromatic heterocycles. The number of ether oxygens (including phenoxy) is 1. The van der Waals surface area contributed by atoms with Crippen molar-refractivity contribution in [2.45, 2.75) is 71.0 Å². The molecule has 2 heterocycles. The summed E-state index contributed by atoms with van der Waals surface area (Å²) in [5, 5.41) is 14.5. The minimum Gasteiger partial charge on any atom is -0.494 e. The number of fused-ring (bicyclic) bond motifs is 3. The Morgan fingerprint density at radius 1 is 1.27 bits per heavy atom. The number of aliphatic hydroxyl groups is 1. The van der Waals surface area contributed by atoms with E-state index in [1.807, 2.05) is 26.0 Å². The Morgan fingerprint density at radius 3 is 2.84 bits per heavy atom. The monoisotopic (exact) mass is 506 g/mol. The van der Waals surface area contributed by atoms with Gasteiger partial charge >= 0.3 is 7.48 Å². The van der Waals surface area contributed by atoms with Crippen molar-refractivity contribution in [3.8, 4) is 5.75 Å². The fourth-order valence-electron chi connectivity index (χ4n) is 6.56. The van der Waals surface area contributed by atoms with Crippen LogP contribution in [0.1, 0.15) is 63.7 Å². The van der Waals surface area contributed by atoms with Crippen LogP contribution in [0.5, 0.6) is 5.75 Å². The number of likely N-dealkylation sites (tertiary alicyclic amines) is 1. The van der Waals surface area contributed by atoms with Crippen LogP contribution in [0.15, 0.2) is 30.5 Å². The molecule has 5 atom stereocenters. The molecule has 1 aliphatic heterocycles. The lowest BCUT2D eigenvalue weighted by Gasteiger charge is -2.64. The first-order chi connectivity index (χ1) is 17.6. The predicted molar refractivity (Wildman–Crippen MR) is 141 cm³/mol. The zero-order valence-corrected chi connectivity index (χ0v) is 22.2. The van der Waals surface area contributed by atoms with Crippen LogP contribution in [0.4, 0.5) is 0 Å². The van der Waals surface area contributed by atoms with Gasteiger partial charge in [-0.2, -0.15) is 0 Å². The molecule has 3 saturated carbocycles. The fraction of sp³-hybridized carbons (Fsp3) is 0.607. The summed E-state index contributed by atoms with van der Waals surface area (Å²) in [6.07, 6.45) is 4.82. The van der Waals surface area contributed by atoms with E-state index in [4.69, 9.17) is 9.39 Å². The molecule has 6 rings (SSSR count). The zero-order valence-electron chi connectivity index (χ0n) is 22.2. The van der Waals surface area contributed by atoms with E-state index < -0.39 is 5.60 Å². The molecular formula is C28H37BN3O5. The smallest absolute Gasteiger partial charge is 0.317 e. The molecule has 2 unspecified atom stereocenters. The highest BCUT2D eigenvalue weighted by molar-refractivity contribution is 6.30. The van der Waals surface area contributed by atoms with E-state index in [0.29, 0.717) is 47.2 Å². The molecule has 3 aliphatic carbocycles. The molecule has 37 heavy (non-hydrogen) atoms. The summed E-state index contributed by atoms with van der Waals surface area (Å²) in [6.45, 7) is 9.37. The summed E-state index contributed by atoms with van der Waals surface area (Å²) in [4.78, 5) is 32.2. The van der Waals surface area contributed by atoms with E-state index >= 15 is 0 Å². The van der Waals surface area contributed by atoms with Crippen molar-refractivity contribution in [1.82, 2.24) is 15.2 Å². The third kappa shape index (κ3) is 4.83. The summed E-state index contributed by atoms with van der Waals surface area (Å²) in [5.74, 6) is 0.906. The van der Waals surface area contributed by atoms with Crippen LogP contribution in [0, 0.1) is 17.3 Å². The zero-order chi connectivity index (χ0) is 26.4. The number of nitrogens with zero attached hydrogens (tertiary/aromatic N) is 2. The number of nitrogens with one attached hydrogen (secondary N) is 1. The maximum absolute atomic E-state index is 13.1. The van der Waals surface area contributed by atoms with Gasteiger partial charge in [-0.05, 0) is 75.0 Å². The molecule has 0 spiro atoms. The van der Waals surface area contributed by atoms with Gasteiger partial charge in [-0.1, -0.05) is 13.8 Å². The predicted octanol–water partition coefficient (Wildman–Crippen LogP) is 3.13. The highest BCUT2D eigenvalue weighted by Crippen LogP contribution is 2.62. The highest BCUT2D eigenvalue weighted by Gasteiger charge is 2.62. The Labute approximate surface area is 219 Å². The van der Waals surface area contributed by atoms with Gasteiger partial charge in [0.15, 0.2) is 0 Å². The number of hydrogen-bond acceptors (Lipinski definition) is 6. The molecule has 1 saturated heterocycles. The van der Waals surface area contributed by atoms with E-state index in [1.54, 1.807) is 30.7 Å². The third-order valence-electron chi connectivity index (χ3n) is 8.86. The van der Waals surface area contributed by atoms with Gasteiger partial charge in [0.05, 0.1) is 35.9 Å². The summed E-state index contributed by atoms with van der Waals surface area (Å²) in [6, 6.07) is 7.10. The van der Waals surface area contributed by atoms with Crippen molar-refractivity contribution >= 4 is 30.2 Å². The van der Waals surface area contributed by atoms with Crippen LogP contribution < -0.4 is 10.1 Å². The van der Waals surface area contributed by atoms with Crippen molar-refractivity contribution in [3.05, 3.63) is 36.0 Å². The van der Waals surface area contributed by atoms with E-state index in [9.17, 15) is 14.7 Å². The van der Waals surface area contributed by atoms with E-state index in [2.05, 4.69) is 24.1 Å². The second-order valence-electron chi connectivity index (χ2n) is 11.6. The second kappa shape index (κ2) is 9.91. The number of benzene rings is 1. The van der Waals surface area contributed by atoms with Gasteiger partial charge < -0.3 is 24.7 Å². The van der Waals surface area contributed by atoms with Gasteiger partial charge in [0.1, 0.15) is 5.75 Å². The summed E-state index contributed by atoms with van der Waals surface area (Å²) >= 11 is 0. The largest absolute Gasteiger partial charge is 0.494 e. The Morgan fingerprint density at radius 2 is 2.08 bits per heavy atom. The Kier molecular flexibility index (Phi) is 6.96. The molecule has 4 aliphatic rings. The number of pyridine rings is 1. The Bertz CT molecular complexity index is 1190. The number of carbonyl (C=O) groups is 2. The molecule has 197 valence electrons. The average molecular weight is 506 g/mol. The standard InChI is InChI=1S/C28H37BN3O5/c1-5-36-18-8-9-19-20(10-11-30-22(19)14-18)26(34)31-16-24(33)32-12-6-7-23(32)29-37-25-21-13-17(27(21,2)3)15-28(25,4)35/h8-11,14,17,21,23,25,35H,5-7,12-13,15-16H2,1-4H3,(H,31,34)/t17?,21?,23-,25+,28-/m0/s1. The Hall–Kier alpha value is -2.65. The minimum absolute atomic E-state index is 0.0947. The van der Waals surface area contributed by atoms with Crippen molar-refractivity contribution in [2.75, 3.05) is 19.7 Å². The first-order valence-electron chi connectivity index (χ1n) is 13.4. The van der Waals surface area contributed by atoms with Crippen LogP contribution in [-0.4, -0.2) is 71.6 Å². The first kappa shape index (κ1) is 26.0. The quantitative estimate of drug-likeness (QED) is 0.534. The minimum atomic E-state index is -0.863. The molecule has 2 N–H and O–H groups in total. The molecular weight excluding hydrogens is 469 g/mol. The SMILES string of the molecule is CCOc1ccc2c(C(=O)NCC(=O)N3CCC[C@H]3[B]O[C@@H]3C4CC(C[C@]3(C)O)C4(C)C)ccnc2c1.